The number of ether oxygens (including phenoxy) is 1. The van der Waals surface area contributed by atoms with Crippen LogP contribution in [-0.4, -0.2) is 51.4 Å². The monoisotopic (exact) mass is 560 g/mol. The molecule has 0 saturated carbocycles. The first-order valence-corrected chi connectivity index (χ1v) is 12.1. The van der Waals surface area contributed by atoms with Crippen LogP contribution in [0.2, 0.25) is 5.02 Å². The molecule has 0 radical (unpaired) electrons. The molecule has 0 fully saturated rings. The first-order valence-electron chi connectivity index (χ1n) is 11.8. The van der Waals surface area contributed by atoms with Crippen molar-refractivity contribution in [3.63, 3.8) is 0 Å². The van der Waals surface area contributed by atoms with Crippen molar-refractivity contribution in [1.82, 2.24) is 19.9 Å². The van der Waals surface area contributed by atoms with Crippen LogP contribution < -0.4 is 11.1 Å². The van der Waals surface area contributed by atoms with Crippen LogP contribution in [0.4, 0.5) is 18.9 Å². The van der Waals surface area contributed by atoms with Crippen molar-refractivity contribution in [1.29, 1.82) is 0 Å². The van der Waals surface area contributed by atoms with Gasteiger partial charge in [-0.25, -0.2) is 17.9 Å². The van der Waals surface area contributed by atoms with E-state index in [-0.39, 0.29) is 17.8 Å². The van der Waals surface area contributed by atoms with E-state index < -0.39 is 35.8 Å². The van der Waals surface area contributed by atoms with Gasteiger partial charge in [0.15, 0.2) is 0 Å². The fourth-order valence-electron chi connectivity index (χ4n) is 4.20. The number of alkyl halides is 2. The average molecular weight is 561 g/mol. The van der Waals surface area contributed by atoms with E-state index in [2.05, 4.69) is 15.6 Å². The summed E-state index contributed by atoms with van der Waals surface area (Å²) < 4.78 is 47.2. The number of hydrogen-bond donors (Lipinski definition) is 2. The maximum Gasteiger partial charge on any atom is 0.283 e. The second kappa shape index (κ2) is 11.6. The van der Waals surface area contributed by atoms with E-state index in [1.54, 1.807) is 29.3 Å². The number of allylic oxidation sites excluding steroid dienone is 1. The number of primary amides is 1. The summed E-state index contributed by atoms with van der Waals surface area (Å²) in [6.45, 7) is 2.11. The number of carbonyl (C=O) groups is 2. The Morgan fingerprint density at radius 2 is 2.00 bits per heavy atom. The van der Waals surface area contributed by atoms with E-state index in [0.717, 1.165) is 12.3 Å². The summed E-state index contributed by atoms with van der Waals surface area (Å²) >= 11 is 6.26. The number of nitrogens with one attached hydrogen (secondary N) is 1. The van der Waals surface area contributed by atoms with E-state index in [4.69, 9.17) is 22.1 Å². The zero-order valence-electron chi connectivity index (χ0n) is 20.9. The van der Waals surface area contributed by atoms with Crippen LogP contribution in [0.5, 0.6) is 0 Å². The standard InChI is InChI=1S/C26H24ClF3N6O3/c1-3-21(26(38)32-15-5-6-17(25(31)37)19(28)11-15)35-9-8-16(23(13-35)39-2)18-10-14(27)4-7-22(18)36-12-20(24(29)30)33-34-36/h4-8,10-13,21,24H,3,9H2,1-2H3,(H2,31,37)(H,32,38)/t21-/m0/s1. The Kier molecular flexibility index (Phi) is 8.24. The third-order valence-corrected chi connectivity index (χ3v) is 6.33. The molecule has 1 atom stereocenters. The van der Waals surface area contributed by atoms with Crippen molar-refractivity contribution in [2.24, 2.45) is 5.73 Å². The van der Waals surface area contributed by atoms with Gasteiger partial charge < -0.3 is 20.7 Å². The van der Waals surface area contributed by atoms with Crippen LogP contribution in [0.15, 0.2) is 60.6 Å². The van der Waals surface area contributed by atoms with Gasteiger partial charge in [0.2, 0.25) is 5.91 Å². The highest BCUT2D eigenvalue weighted by Crippen LogP contribution is 2.34. The molecule has 0 spiro atoms. The molecule has 39 heavy (non-hydrogen) atoms. The number of halogens is 4. The molecule has 1 aromatic heterocycles. The molecular formula is C26H24ClF3N6O3. The van der Waals surface area contributed by atoms with Crippen molar-refractivity contribution in [2.75, 3.05) is 19.0 Å². The van der Waals surface area contributed by atoms with Gasteiger partial charge in [-0.3, -0.25) is 9.59 Å². The maximum absolute atomic E-state index is 14.2. The second-order valence-electron chi connectivity index (χ2n) is 8.53. The number of anilines is 1. The van der Waals surface area contributed by atoms with Gasteiger partial charge >= 0.3 is 0 Å². The number of nitrogens with zero attached hydrogens (tertiary/aromatic N) is 4. The Bertz CT molecular complexity index is 1470. The molecule has 3 N–H and O–H groups in total. The summed E-state index contributed by atoms with van der Waals surface area (Å²) in [7, 11) is 1.46. The van der Waals surface area contributed by atoms with Crippen molar-refractivity contribution in [2.45, 2.75) is 25.8 Å². The number of rotatable bonds is 9. The number of hydrogen-bond acceptors (Lipinski definition) is 6. The quantitative estimate of drug-likeness (QED) is 0.392. The minimum atomic E-state index is -2.78. The fourth-order valence-corrected chi connectivity index (χ4v) is 4.37. The zero-order chi connectivity index (χ0) is 28.3. The van der Waals surface area contributed by atoms with E-state index in [1.165, 1.54) is 23.9 Å². The molecule has 3 aromatic rings. The second-order valence-corrected chi connectivity index (χ2v) is 8.97. The van der Waals surface area contributed by atoms with Crippen molar-refractivity contribution < 1.29 is 27.5 Å². The van der Waals surface area contributed by atoms with Gasteiger partial charge in [-0.1, -0.05) is 29.8 Å². The molecule has 2 amide bonds. The Morgan fingerprint density at radius 3 is 2.62 bits per heavy atom. The molecule has 2 heterocycles. The first kappa shape index (κ1) is 27.7. The predicted octanol–water partition coefficient (Wildman–Crippen LogP) is 4.70. The van der Waals surface area contributed by atoms with Crippen LogP contribution in [-0.2, 0) is 9.53 Å². The van der Waals surface area contributed by atoms with E-state index >= 15 is 0 Å². The number of benzene rings is 2. The molecule has 0 saturated heterocycles. The highest BCUT2D eigenvalue weighted by molar-refractivity contribution is 6.30. The molecule has 204 valence electrons. The topological polar surface area (TPSA) is 115 Å². The summed E-state index contributed by atoms with van der Waals surface area (Å²) in [6.07, 6.45) is 2.25. The molecule has 1 aliphatic rings. The van der Waals surface area contributed by atoms with Gasteiger partial charge in [-0.15, -0.1) is 5.10 Å². The summed E-state index contributed by atoms with van der Waals surface area (Å²) in [6, 6.07) is 7.86. The molecule has 0 bridgehead atoms. The molecule has 13 heteroatoms. The fraction of sp³-hybridized carbons (Fsp3) is 0.231. The van der Waals surface area contributed by atoms with Crippen LogP contribution in [0, 0.1) is 5.82 Å². The predicted molar refractivity (Wildman–Crippen MR) is 139 cm³/mol. The molecule has 1 aliphatic heterocycles. The number of carbonyl (C=O) groups excluding carboxylic acids is 2. The number of aromatic nitrogens is 3. The van der Waals surface area contributed by atoms with Crippen LogP contribution in [0.1, 0.15) is 41.4 Å². The van der Waals surface area contributed by atoms with E-state index in [0.29, 0.717) is 34.0 Å². The number of methoxy groups -OCH3 is 1. The number of amides is 2. The third kappa shape index (κ3) is 5.90. The summed E-state index contributed by atoms with van der Waals surface area (Å²) in [5.41, 5.74) is 6.18. The third-order valence-electron chi connectivity index (χ3n) is 6.10. The summed E-state index contributed by atoms with van der Waals surface area (Å²) in [5.74, 6) is -1.77. The van der Waals surface area contributed by atoms with E-state index in [1.807, 2.05) is 13.0 Å². The first-order chi connectivity index (χ1) is 18.6. The normalized spacial score (nSPS) is 14.1. The van der Waals surface area contributed by atoms with Crippen LogP contribution in [0.25, 0.3) is 11.3 Å². The lowest BCUT2D eigenvalue weighted by Gasteiger charge is -2.32. The molecule has 4 rings (SSSR count). The van der Waals surface area contributed by atoms with E-state index in [9.17, 15) is 22.8 Å². The van der Waals surface area contributed by atoms with Crippen molar-refractivity contribution in [3.05, 3.63) is 88.3 Å². The average Bonchev–Trinajstić information content (AvgIpc) is 3.39. The highest BCUT2D eigenvalue weighted by Gasteiger charge is 2.28. The largest absolute Gasteiger partial charge is 0.495 e. The molecule has 9 nitrogen and oxygen atoms in total. The minimum Gasteiger partial charge on any atom is -0.495 e. The van der Waals surface area contributed by atoms with Gasteiger partial charge in [0.05, 0.1) is 24.6 Å². The molecule has 0 aliphatic carbocycles. The van der Waals surface area contributed by atoms with Crippen molar-refractivity contribution >= 4 is 34.7 Å². The number of nitrogens with two attached hydrogens (primary N) is 1. The lowest BCUT2D eigenvalue weighted by atomic mass is 9.98. The maximum atomic E-state index is 14.2. The summed E-state index contributed by atoms with van der Waals surface area (Å²) in [5, 5.41) is 10.4. The van der Waals surface area contributed by atoms with Gasteiger partial charge in [0, 0.05) is 34.6 Å². The highest BCUT2D eigenvalue weighted by atomic mass is 35.5. The zero-order valence-corrected chi connectivity index (χ0v) is 21.6. The Labute approximate surface area is 226 Å². The molecule has 0 unspecified atom stereocenters. The van der Waals surface area contributed by atoms with Crippen molar-refractivity contribution in [3.8, 4) is 5.69 Å². The SMILES string of the molecule is CC[C@@H](C(=O)Nc1ccc(C(N)=O)c(F)c1)N1C=C(OC)C(c2cc(Cl)ccc2-n2cc(C(F)F)nn2)=CC1. The molecule has 2 aromatic carbocycles. The van der Waals surface area contributed by atoms with Crippen LogP contribution >= 0.6 is 11.6 Å². The Morgan fingerprint density at radius 1 is 1.23 bits per heavy atom. The minimum absolute atomic E-state index is 0.171. The van der Waals surface area contributed by atoms with Gasteiger partial charge in [-0.05, 0) is 42.8 Å². The van der Waals surface area contributed by atoms with Gasteiger partial charge in [0.25, 0.3) is 12.3 Å². The smallest absolute Gasteiger partial charge is 0.283 e. The summed E-state index contributed by atoms with van der Waals surface area (Å²) in [4.78, 5) is 26.1. The Balaban J connectivity index is 1.60. The van der Waals surface area contributed by atoms with Gasteiger partial charge in [0.1, 0.15) is 23.3 Å². The Hall–Kier alpha value is -4.32. The molecular weight excluding hydrogens is 537 g/mol. The van der Waals surface area contributed by atoms with Crippen LogP contribution in [0.3, 0.4) is 0 Å². The van der Waals surface area contributed by atoms with Gasteiger partial charge in [-0.2, -0.15) is 0 Å². The lowest BCUT2D eigenvalue weighted by molar-refractivity contribution is -0.120. The lowest BCUT2D eigenvalue weighted by Crippen LogP contribution is -2.42.